The van der Waals surface area contributed by atoms with Gasteiger partial charge in [-0.2, -0.15) is 0 Å². The second-order valence-electron chi connectivity index (χ2n) is 2.45. The number of carbonyl (C=O) groups excluding carboxylic acids is 1. The van der Waals surface area contributed by atoms with Gasteiger partial charge in [0.2, 0.25) is 15.9 Å². The molecule has 76 valence electrons. The van der Waals surface area contributed by atoms with Crippen LogP contribution in [0.4, 0.5) is 0 Å². The second kappa shape index (κ2) is 4.19. The number of aliphatic carboxylic acids is 1. The van der Waals surface area contributed by atoms with Gasteiger partial charge in [-0.3, -0.25) is 9.59 Å². The van der Waals surface area contributed by atoms with Gasteiger partial charge in [-0.05, 0) is 0 Å². The fraction of sp³-hybridized carbons (Fsp3) is 0.600. The van der Waals surface area contributed by atoms with E-state index in [1.54, 1.807) is 4.72 Å². The smallest absolute Gasteiger partial charge is 0.322 e. The molecule has 0 fully saturated rings. The van der Waals surface area contributed by atoms with Gasteiger partial charge in [0, 0.05) is 0 Å². The summed E-state index contributed by atoms with van der Waals surface area (Å²) in [6.45, 7) is 0. The molecule has 0 aromatic heterocycles. The van der Waals surface area contributed by atoms with Crippen molar-refractivity contribution in [3.05, 3.63) is 0 Å². The zero-order chi connectivity index (χ0) is 10.6. The number of hydrogen-bond donors (Lipinski definition) is 3. The largest absolute Gasteiger partial charge is 0.480 e. The molecule has 0 spiro atoms. The third-order valence-corrected chi connectivity index (χ3v) is 1.77. The van der Waals surface area contributed by atoms with Crippen LogP contribution in [0.3, 0.4) is 0 Å². The first kappa shape index (κ1) is 11.8. The molecule has 8 heteroatoms. The van der Waals surface area contributed by atoms with E-state index in [1.807, 2.05) is 0 Å². The summed E-state index contributed by atoms with van der Waals surface area (Å²) in [5.74, 6) is -2.33. The van der Waals surface area contributed by atoms with Crippen molar-refractivity contribution in [2.75, 3.05) is 6.26 Å². The number of carboxylic acid groups (broad SMARTS) is 1. The lowest BCUT2D eigenvalue weighted by Gasteiger charge is -2.09. The molecule has 0 radical (unpaired) electrons. The Bertz CT molecular complexity index is 309. The van der Waals surface area contributed by atoms with Crippen LogP contribution in [0.5, 0.6) is 0 Å². The van der Waals surface area contributed by atoms with Crippen molar-refractivity contribution in [3.8, 4) is 0 Å². The fourth-order valence-corrected chi connectivity index (χ4v) is 1.34. The number of hydrogen-bond acceptors (Lipinski definition) is 4. The van der Waals surface area contributed by atoms with Crippen LogP contribution in [0.15, 0.2) is 0 Å². The number of carbonyl (C=O) groups is 2. The van der Waals surface area contributed by atoms with Crippen LogP contribution in [0.25, 0.3) is 0 Å². The molecule has 0 aliphatic carbocycles. The minimum atomic E-state index is -3.65. The minimum Gasteiger partial charge on any atom is -0.480 e. The van der Waals surface area contributed by atoms with E-state index in [0.717, 1.165) is 6.26 Å². The Morgan fingerprint density at radius 3 is 2.23 bits per heavy atom. The van der Waals surface area contributed by atoms with Crippen LogP contribution < -0.4 is 10.5 Å². The maximum absolute atomic E-state index is 10.6. The minimum absolute atomic E-state index is 0.567. The van der Waals surface area contributed by atoms with E-state index in [4.69, 9.17) is 10.8 Å². The molecule has 0 bridgehead atoms. The molecule has 0 saturated heterocycles. The van der Waals surface area contributed by atoms with E-state index in [1.165, 1.54) is 0 Å². The molecule has 0 aromatic carbocycles. The summed E-state index contributed by atoms with van der Waals surface area (Å²) < 4.78 is 23.0. The van der Waals surface area contributed by atoms with Gasteiger partial charge in [-0.15, -0.1) is 0 Å². The predicted molar refractivity (Wildman–Crippen MR) is 43.2 cm³/mol. The van der Waals surface area contributed by atoms with Crippen molar-refractivity contribution < 1.29 is 23.1 Å². The van der Waals surface area contributed by atoms with Gasteiger partial charge in [0.25, 0.3) is 0 Å². The van der Waals surface area contributed by atoms with E-state index in [-0.39, 0.29) is 0 Å². The van der Waals surface area contributed by atoms with Crippen LogP contribution in [0.2, 0.25) is 0 Å². The molecule has 0 aromatic rings. The summed E-state index contributed by atoms with van der Waals surface area (Å²) in [4.78, 5) is 20.7. The average Bonchev–Trinajstić information content (AvgIpc) is 1.81. The van der Waals surface area contributed by atoms with Gasteiger partial charge in [0.05, 0.1) is 12.7 Å². The Morgan fingerprint density at radius 1 is 1.54 bits per heavy atom. The first-order valence-corrected chi connectivity index (χ1v) is 5.10. The van der Waals surface area contributed by atoms with Crippen molar-refractivity contribution in [2.45, 2.75) is 12.5 Å². The normalized spacial score (nSPS) is 13.6. The highest BCUT2D eigenvalue weighted by atomic mass is 32.2. The molecule has 4 N–H and O–H groups in total. The maximum atomic E-state index is 10.6. The first-order valence-electron chi connectivity index (χ1n) is 3.21. The third kappa shape index (κ3) is 6.05. The van der Waals surface area contributed by atoms with E-state index >= 15 is 0 Å². The van der Waals surface area contributed by atoms with Gasteiger partial charge >= 0.3 is 5.97 Å². The molecule has 0 aliphatic rings. The number of rotatable bonds is 5. The first-order chi connectivity index (χ1) is 5.72. The predicted octanol–water partition coefficient (Wildman–Crippen LogP) is -2.14. The van der Waals surface area contributed by atoms with Crippen molar-refractivity contribution in [2.24, 2.45) is 5.73 Å². The Labute approximate surface area is 75.0 Å². The lowest BCUT2D eigenvalue weighted by molar-refractivity contribution is -0.140. The lowest BCUT2D eigenvalue weighted by Crippen LogP contribution is -2.42. The van der Waals surface area contributed by atoms with E-state index in [9.17, 15) is 18.0 Å². The van der Waals surface area contributed by atoms with Gasteiger partial charge < -0.3 is 10.8 Å². The monoisotopic (exact) mass is 210 g/mol. The van der Waals surface area contributed by atoms with Crippen molar-refractivity contribution in [1.82, 2.24) is 4.72 Å². The van der Waals surface area contributed by atoms with E-state index in [2.05, 4.69) is 0 Å². The molecular formula is C5H10N2O5S. The molecule has 0 saturated carbocycles. The van der Waals surface area contributed by atoms with Gasteiger partial charge in [0.1, 0.15) is 6.04 Å². The van der Waals surface area contributed by atoms with Crippen LogP contribution in [0.1, 0.15) is 6.42 Å². The zero-order valence-electron chi connectivity index (χ0n) is 6.85. The van der Waals surface area contributed by atoms with Crippen molar-refractivity contribution >= 4 is 21.9 Å². The number of carboxylic acids is 1. The standard InChI is InChI=1S/C5H10N2O5S/c1-13(11,12)7-3(5(9)10)2-4(6)8/h3,7H,2H2,1H3,(H2,6,8)(H,9,10)/t3-/m1/s1. The number of nitrogens with one attached hydrogen (secondary N) is 1. The molecule has 13 heavy (non-hydrogen) atoms. The number of primary amides is 1. The Balaban J connectivity index is 4.45. The Hall–Kier alpha value is -1.15. The molecule has 0 unspecified atom stereocenters. The highest BCUT2D eigenvalue weighted by molar-refractivity contribution is 7.88. The highest BCUT2D eigenvalue weighted by Gasteiger charge is 2.22. The molecule has 0 aliphatic heterocycles. The number of amides is 1. The van der Waals surface area contributed by atoms with Crippen molar-refractivity contribution in [1.29, 1.82) is 0 Å². The topological polar surface area (TPSA) is 127 Å². The molecule has 1 amide bonds. The van der Waals surface area contributed by atoms with Crippen LogP contribution in [-0.2, 0) is 19.6 Å². The second-order valence-corrected chi connectivity index (χ2v) is 4.23. The highest BCUT2D eigenvalue weighted by Crippen LogP contribution is 1.93. The summed E-state index contributed by atoms with van der Waals surface area (Å²) in [7, 11) is -3.65. The van der Waals surface area contributed by atoms with E-state index < -0.39 is 34.4 Å². The number of sulfonamides is 1. The van der Waals surface area contributed by atoms with Gasteiger partial charge in [-0.1, -0.05) is 0 Å². The van der Waals surface area contributed by atoms with Crippen LogP contribution >= 0.6 is 0 Å². The zero-order valence-corrected chi connectivity index (χ0v) is 7.67. The quantitative estimate of drug-likeness (QED) is 0.477. The van der Waals surface area contributed by atoms with Crippen molar-refractivity contribution in [3.63, 3.8) is 0 Å². The third-order valence-electron chi connectivity index (χ3n) is 1.06. The number of nitrogens with two attached hydrogens (primary N) is 1. The summed E-state index contributed by atoms with van der Waals surface area (Å²) in [5.41, 5.74) is 4.71. The molecule has 0 rings (SSSR count). The maximum Gasteiger partial charge on any atom is 0.322 e. The molecule has 0 heterocycles. The average molecular weight is 210 g/mol. The van der Waals surface area contributed by atoms with Gasteiger partial charge in [-0.25, -0.2) is 13.1 Å². The Morgan fingerprint density at radius 2 is 2.00 bits per heavy atom. The summed E-state index contributed by atoms with van der Waals surface area (Å²) >= 11 is 0. The van der Waals surface area contributed by atoms with Gasteiger partial charge in [0.15, 0.2) is 0 Å². The van der Waals surface area contributed by atoms with E-state index in [0.29, 0.717) is 0 Å². The summed E-state index contributed by atoms with van der Waals surface area (Å²) in [6, 6.07) is -1.49. The SMILES string of the molecule is CS(=O)(=O)N[C@H](CC(N)=O)C(=O)O. The molecule has 1 atom stereocenters. The lowest BCUT2D eigenvalue weighted by atomic mass is 10.2. The summed E-state index contributed by atoms with van der Waals surface area (Å²) in [6.07, 6.45) is 0.229. The molecule has 7 nitrogen and oxygen atoms in total. The molecular weight excluding hydrogens is 200 g/mol. The van der Waals surface area contributed by atoms with Crippen LogP contribution in [-0.4, -0.2) is 37.7 Å². The Kier molecular flexibility index (Phi) is 3.82. The summed E-state index contributed by atoms with van der Waals surface area (Å²) in [5, 5.41) is 8.45. The fourth-order valence-electron chi connectivity index (χ4n) is 0.639. The van der Waals surface area contributed by atoms with Crippen LogP contribution in [0, 0.1) is 0 Å².